The van der Waals surface area contributed by atoms with E-state index in [1.54, 1.807) is 67.6 Å². The number of carbonyl (C=O) groups excluding carboxylic acids is 2. The molecule has 0 fully saturated rings. The zero-order valence-corrected chi connectivity index (χ0v) is 24.3. The van der Waals surface area contributed by atoms with Gasteiger partial charge < -0.3 is 15.0 Å². The highest BCUT2D eigenvalue weighted by atomic mass is 35.5. The number of para-hydroxylation sites is 2. The largest absolute Gasteiger partial charge is 0.495 e. The molecule has 0 radical (unpaired) electrons. The predicted octanol–water partition coefficient (Wildman–Crippen LogP) is 4.79. The molecule has 10 heteroatoms. The summed E-state index contributed by atoms with van der Waals surface area (Å²) in [4.78, 5) is 28.3. The fraction of sp³-hybridized carbons (Fsp3) is 0.310. The van der Waals surface area contributed by atoms with Crippen LogP contribution in [0.3, 0.4) is 0 Å². The highest BCUT2D eigenvalue weighted by Gasteiger charge is 2.33. The second-order valence-electron chi connectivity index (χ2n) is 9.48. The molecule has 8 nitrogen and oxygen atoms in total. The molecule has 3 aromatic carbocycles. The number of aryl methyl sites for hydroxylation is 1. The number of sulfonamides is 1. The van der Waals surface area contributed by atoms with Crippen molar-refractivity contribution in [3.8, 4) is 5.75 Å². The lowest BCUT2D eigenvalue weighted by atomic mass is 10.1. The number of anilines is 1. The van der Waals surface area contributed by atoms with Crippen molar-refractivity contribution >= 4 is 39.1 Å². The zero-order valence-electron chi connectivity index (χ0n) is 22.7. The van der Waals surface area contributed by atoms with Crippen LogP contribution in [0.1, 0.15) is 31.9 Å². The molecule has 0 saturated carbocycles. The van der Waals surface area contributed by atoms with Crippen molar-refractivity contribution < 1.29 is 22.7 Å². The van der Waals surface area contributed by atoms with E-state index in [4.69, 9.17) is 16.3 Å². The number of hydrogen-bond donors (Lipinski definition) is 1. The topological polar surface area (TPSA) is 96.0 Å². The third-order valence-electron chi connectivity index (χ3n) is 6.11. The van der Waals surface area contributed by atoms with Gasteiger partial charge in [-0.05, 0) is 69.7 Å². The molecule has 1 atom stereocenters. The normalized spacial score (nSPS) is 12.1. The maximum atomic E-state index is 13.9. The first-order valence-corrected chi connectivity index (χ1v) is 14.3. The Hall–Kier alpha value is -3.56. The standard InChI is InChI=1S/C29H34ClN3O5S/c1-20(2)31-29(35)22(4)32(18-23-12-14-24(30)15-13-23)28(34)19-33(26-8-6-7-9-27(26)38-5)39(36,37)25-16-10-21(3)11-17-25/h6-17,20,22H,18-19H2,1-5H3,(H,31,35)/t22-/m0/s1. The lowest BCUT2D eigenvalue weighted by Crippen LogP contribution is -2.52. The van der Waals surface area contributed by atoms with Crippen molar-refractivity contribution in [3.05, 3.63) is 88.9 Å². The molecule has 3 aromatic rings. The van der Waals surface area contributed by atoms with E-state index < -0.39 is 28.5 Å². The van der Waals surface area contributed by atoms with Crippen LogP contribution in [0.5, 0.6) is 5.75 Å². The van der Waals surface area contributed by atoms with Gasteiger partial charge >= 0.3 is 0 Å². The highest BCUT2D eigenvalue weighted by Crippen LogP contribution is 2.32. The van der Waals surface area contributed by atoms with E-state index in [9.17, 15) is 18.0 Å². The SMILES string of the molecule is COc1ccccc1N(CC(=O)N(Cc1ccc(Cl)cc1)[C@@H](C)C(=O)NC(C)C)S(=O)(=O)c1ccc(C)cc1. The van der Waals surface area contributed by atoms with E-state index in [1.807, 2.05) is 20.8 Å². The lowest BCUT2D eigenvalue weighted by molar-refractivity contribution is -0.139. The molecule has 0 aliphatic carbocycles. The maximum absolute atomic E-state index is 13.9. The van der Waals surface area contributed by atoms with Gasteiger partial charge in [-0.25, -0.2) is 8.42 Å². The molecule has 0 aliphatic heterocycles. The fourth-order valence-electron chi connectivity index (χ4n) is 3.96. The second-order valence-corrected chi connectivity index (χ2v) is 11.8. The number of carbonyl (C=O) groups is 2. The van der Waals surface area contributed by atoms with Crippen LogP contribution in [0.4, 0.5) is 5.69 Å². The Kier molecular flexibility index (Phi) is 9.99. The summed E-state index contributed by atoms with van der Waals surface area (Å²) < 4.78 is 34.3. The van der Waals surface area contributed by atoms with Crippen LogP contribution >= 0.6 is 11.6 Å². The van der Waals surface area contributed by atoms with Crippen LogP contribution in [-0.2, 0) is 26.2 Å². The number of nitrogens with zero attached hydrogens (tertiary/aromatic N) is 2. The van der Waals surface area contributed by atoms with Crippen molar-refractivity contribution in [3.63, 3.8) is 0 Å². The smallest absolute Gasteiger partial charge is 0.264 e. The summed E-state index contributed by atoms with van der Waals surface area (Å²) in [6.07, 6.45) is 0. The van der Waals surface area contributed by atoms with E-state index in [0.29, 0.717) is 5.02 Å². The van der Waals surface area contributed by atoms with Crippen molar-refractivity contribution in [1.82, 2.24) is 10.2 Å². The van der Waals surface area contributed by atoms with Crippen molar-refractivity contribution in [1.29, 1.82) is 0 Å². The summed E-state index contributed by atoms with van der Waals surface area (Å²) in [5, 5.41) is 3.37. The zero-order chi connectivity index (χ0) is 28.7. The first kappa shape index (κ1) is 30.0. The van der Waals surface area contributed by atoms with Gasteiger partial charge in [0.15, 0.2) is 0 Å². The maximum Gasteiger partial charge on any atom is 0.264 e. The molecule has 1 N–H and O–H groups in total. The molecular formula is C29H34ClN3O5S. The number of nitrogens with one attached hydrogen (secondary N) is 1. The van der Waals surface area contributed by atoms with Gasteiger partial charge in [-0.1, -0.05) is 53.6 Å². The van der Waals surface area contributed by atoms with Gasteiger partial charge in [0.1, 0.15) is 18.3 Å². The number of benzene rings is 3. The molecule has 0 saturated heterocycles. The first-order chi connectivity index (χ1) is 18.4. The minimum atomic E-state index is -4.19. The molecule has 0 spiro atoms. The summed E-state index contributed by atoms with van der Waals surface area (Å²) in [7, 11) is -2.75. The molecule has 0 aromatic heterocycles. The quantitative estimate of drug-likeness (QED) is 0.357. The van der Waals surface area contributed by atoms with Gasteiger partial charge in [-0.15, -0.1) is 0 Å². The molecule has 208 valence electrons. The second kappa shape index (κ2) is 13.0. The third-order valence-corrected chi connectivity index (χ3v) is 8.13. The van der Waals surface area contributed by atoms with Gasteiger partial charge in [-0.2, -0.15) is 0 Å². The van der Waals surface area contributed by atoms with Gasteiger partial charge in [0.2, 0.25) is 11.8 Å². The van der Waals surface area contributed by atoms with Gasteiger partial charge in [0.05, 0.1) is 17.7 Å². The minimum absolute atomic E-state index is 0.0293. The Morgan fingerprint density at radius 1 is 0.949 bits per heavy atom. The van der Waals surface area contributed by atoms with E-state index in [0.717, 1.165) is 15.4 Å². The number of amides is 2. The molecular weight excluding hydrogens is 538 g/mol. The predicted molar refractivity (Wildman–Crippen MR) is 153 cm³/mol. The lowest BCUT2D eigenvalue weighted by Gasteiger charge is -2.32. The first-order valence-electron chi connectivity index (χ1n) is 12.5. The highest BCUT2D eigenvalue weighted by molar-refractivity contribution is 7.92. The van der Waals surface area contributed by atoms with Crippen molar-refractivity contribution in [2.75, 3.05) is 18.0 Å². The molecule has 0 unspecified atom stereocenters. The number of rotatable bonds is 11. The summed E-state index contributed by atoms with van der Waals surface area (Å²) >= 11 is 6.03. The number of hydrogen-bond acceptors (Lipinski definition) is 5. The summed E-state index contributed by atoms with van der Waals surface area (Å²) in [5.74, 6) is -0.619. The summed E-state index contributed by atoms with van der Waals surface area (Å²) in [5.41, 5.74) is 1.84. The van der Waals surface area contributed by atoms with Gasteiger partial charge in [0, 0.05) is 17.6 Å². The molecule has 2 amide bonds. The van der Waals surface area contributed by atoms with Crippen molar-refractivity contribution in [2.24, 2.45) is 0 Å². The molecule has 3 rings (SSSR count). The van der Waals surface area contributed by atoms with Crippen LogP contribution in [0.25, 0.3) is 0 Å². The Labute approximate surface area is 235 Å². The minimum Gasteiger partial charge on any atom is -0.495 e. The Bertz CT molecular complexity index is 1390. The van der Waals surface area contributed by atoms with E-state index >= 15 is 0 Å². The van der Waals surface area contributed by atoms with E-state index in [2.05, 4.69) is 5.32 Å². The molecule has 0 heterocycles. The molecule has 39 heavy (non-hydrogen) atoms. The van der Waals surface area contributed by atoms with Crippen LogP contribution in [0.15, 0.2) is 77.7 Å². The Balaban J connectivity index is 2.06. The van der Waals surface area contributed by atoms with Gasteiger partial charge in [-0.3, -0.25) is 13.9 Å². The Morgan fingerprint density at radius 3 is 2.15 bits per heavy atom. The summed E-state index contributed by atoms with van der Waals surface area (Å²) in [6, 6.07) is 18.9. The average Bonchev–Trinajstić information content (AvgIpc) is 2.90. The third kappa shape index (κ3) is 7.52. The fourth-order valence-corrected chi connectivity index (χ4v) is 5.51. The van der Waals surface area contributed by atoms with Crippen LogP contribution in [0.2, 0.25) is 5.02 Å². The van der Waals surface area contributed by atoms with Crippen LogP contribution in [0, 0.1) is 6.92 Å². The Morgan fingerprint density at radius 2 is 1.56 bits per heavy atom. The summed E-state index contributed by atoms with van der Waals surface area (Å²) in [6.45, 7) is 6.65. The van der Waals surface area contributed by atoms with Gasteiger partial charge in [0.25, 0.3) is 10.0 Å². The molecule has 0 bridgehead atoms. The van der Waals surface area contributed by atoms with E-state index in [1.165, 1.54) is 24.1 Å². The van der Waals surface area contributed by atoms with Crippen LogP contribution in [-0.4, -0.2) is 50.9 Å². The number of halogens is 1. The van der Waals surface area contributed by atoms with Crippen LogP contribution < -0.4 is 14.4 Å². The monoisotopic (exact) mass is 571 g/mol. The number of ether oxygens (including phenoxy) is 1. The molecule has 0 aliphatic rings. The van der Waals surface area contributed by atoms with E-state index in [-0.39, 0.29) is 34.8 Å². The average molecular weight is 572 g/mol. The number of methoxy groups -OCH3 is 1. The van der Waals surface area contributed by atoms with Crippen molar-refractivity contribution in [2.45, 2.75) is 51.2 Å².